The largest absolute Gasteiger partial charge is 0.333 e. The third kappa shape index (κ3) is 3.68. The summed E-state index contributed by atoms with van der Waals surface area (Å²) in [5.74, 6) is 0.0100. The van der Waals surface area contributed by atoms with Crippen molar-refractivity contribution in [3.8, 4) is 6.07 Å². The molecule has 1 amide bonds. The van der Waals surface area contributed by atoms with E-state index in [4.69, 9.17) is 4.98 Å². The lowest BCUT2D eigenvalue weighted by Crippen LogP contribution is -3.11. The summed E-state index contributed by atoms with van der Waals surface area (Å²) in [7, 11) is 0. The van der Waals surface area contributed by atoms with E-state index in [2.05, 4.69) is 17.5 Å². The van der Waals surface area contributed by atoms with Crippen molar-refractivity contribution >= 4 is 27.5 Å². The van der Waals surface area contributed by atoms with Crippen LogP contribution in [0.1, 0.15) is 44.7 Å². The van der Waals surface area contributed by atoms with Crippen LogP contribution in [0.25, 0.3) is 10.2 Å². The number of likely N-dealkylation sites (tertiary alicyclic amines) is 1. The standard InChI is InChI=1S/C19H24N4OS/c1-13(2)19(3,12-20)22-17(24)11-23-10-6-8-15(23)18-21-14-7-4-5-9-16(14)25-18/h4-5,7,9,13,15H,6,8,10-11H2,1-3H3,(H,22,24)/p+1/t15-,19-/m1/s1. The second-order valence-electron chi connectivity index (χ2n) is 7.32. The Labute approximate surface area is 152 Å². The molecule has 0 saturated carbocycles. The van der Waals surface area contributed by atoms with Gasteiger partial charge in [0.15, 0.2) is 11.6 Å². The Morgan fingerprint density at radius 1 is 1.52 bits per heavy atom. The number of rotatable bonds is 5. The zero-order valence-electron chi connectivity index (χ0n) is 15.0. The number of aromatic nitrogens is 1. The molecule has 6 heteroatoms. The summed E-state index contributed by atoms with van der Waals surface area (Å²) in [4.78, 5) is 18.6. The Balaban J connectivity index is 1.71. The van der Waals surface area contributed by atoms with Gasteiger partial charge < -0.3 is 10.2 Å². The normalized spacial score (nSPS) is 22.7. The molecule has 25 heavy (non-hydrogen) atoms. The van der Waals surface area contributed by atoms with Gasteiger partial charge in [0.05, 0.1) is 22.8 Å². The minimum absolute atomic E-state index is 0.0549. The van der Waals surface area contributed by atoms with E-state index in [-0.39, 0.29) is 17.9 Å². The first-order valence-electron chi connectivity index (χ1n) is 8.85. The fourth-order valence-corrected chi connectivity index (χ4v) is 4.46. The highest BCUT2D eigenvalue weighted by molar-refractivity contribution is 7.18. The third-order valence-electron chi connectivity index (χ3n) is 5.27. The Bertz CT molecular complexity index is 776. The maximum atomic E-state index is 12.5. The van der Waals surface area contributed by atoms with E-state index in [1.165, 1.54) is 9.60 Å². The zero-order chi connectivity index (χ0) is 18.0. The molecule has 5 nitrogen and oxygen atoms in total. The van der Waals surface area contributed by atoms with Crippen molar-refractivity contribution in [2.75, 3.05) is 13.1 Å². The van der Waals surface area contributed by atoms with E-state index in [1.54, 1.807) is 18.3 Å². The summed E-state index contributed by atoms with van der Waals surface area (Å²) in [6.45, 7) is 7.07. The van der Waals surface area contributed by atoms with Gasteiger partial charge in [0.2, 0.25) is 0 Å². The van der Waals surface area contributed by atoms with Crippen LogP contribution in [0.5, 0.6) is 0 Å². The number of benzene rings is 1. The van der Waals surface area contributed by atoms with E-state index in [1.807, 2.05) is 32.0 Å². The minimum Gasteiger partial charge on any atom is -0.333 e. The molecule has 2 N–H and O–H groups in total. The number of quaternary nitrogens is 1. The third-order valence-corrected chi connectivity index (χ3v) is 6.42. The van der Waals surface area contributed by atoms with Gasteiger partial charge in [-0.05, 0) is 25.0 Å². The second kappa shape index (κ2) is 7.11. The number of amides is 1. The fourth-order valence-electron chi connectivity index (χ4n) is 3.30. The molecule has 1 aliphatic heterocycles. The van der Waals surface area contributed by atoms with Crippen molar-refractivity contribution in [2.45, 2.75) is 45.2 Å². The minimum atomic E-state index is -0.818. The monoisotopic (exact) mass is 357 g/mol. The number of nitriles is 1. The quantitative estimate of drug-likeness (QED) is 0.861. The van der Waals surface area contributed by atoms with E-state index in [0.29, 0.717) is 6.54 Å². The van der Waals surface area contributed by atoms with Gasteiger partial charge in [0.25, 0.3) is 5.91 Å². The smallest absolute Gasteiger partial charge is 0.276 e. The molecule has 0 spiro atoms. The second-order valence-corrected chi connectivity index (χ2v) is 8.38. The zero-order valence-corrected chi connectivity index (χ0v) is 15.8. The Kier molecular flexibility index (Phi) is 5.07. The van der Waals surface area contributed by atoms with Crippen LogP contribution in [-0.2, 0) is 4.79 Å². The molecule has 0 aliphatic carbocycles. The molecule has 1 fully saturated rings. The predicted molar refractivity (Wildman–Crippen MR) is 99.3 cm³/mol. The number of nitrogens with zero attached hydrogens (tertiary/aromatic N) is 2. The average Bonchev–Trinajstić information content (AvgIpc) is 3.20. The summed E-state index contributed by atoms with van der Waals surface area (Å²) in [6.07, 6.45) is 2.16. The molecule has 1 aliphatic rings. The SMILES string of the molecule is CC(C)[C@@](C)(C#N)NC(=O)C[NH+]1CCC[C@@H]1c1nc2ccccc2s1. The topological polar surface area (TPSA) is 70.2 Å². The molecule has 132 valence electrons. The number of nitrogens with one attached hydrogen (secondary N) is 2. The molecule has 3 atom stereocenters. The first-order valence-corrected chi connectivity index (χ1v) is 9.67. The van der Waals surface area contributed by atoms with Gasteiger partial charge in [-0.3, -0.25) is 4.79 Å². The van der Waals surface area contributed by atoms with Gasteiger partial charge in [0, 0.05) is 12.8 Å². The van der Waals surface area contributed by atoms with E-state index >= 15 is 0 Å². The maximum Gasteiger partial charge on any atom is 0.276 e. The molecule has 1 unspecified atom stereocenters. The molecule has 2 heterocycles. The van der Waals surface area contributed by atoms with Crippen molar-refractivity contribution < 1.29 is 9.69 Å². The number of thiazole rings is 1. The molecular weight excluding hydrogens is 332 g/mol. The Morgan fingerprint density at radius 2 is 2.28 bits per heavy atom. The van der Waals surface area contributed by atoms with Crippen LogP contribution < -0.4 is 10.2 Å². The highest BCUT2D eigenvalue weighted by Crippen LogP contribution is 2.28. The Hall–Kier alpha value is -1.97. The van der Waals surface area contributed by atoms with Crippen molar-refractivity contribution in [3.63, 3.8) is 0 Å². The van der Waals surface area contributed by atoms with Crippen LogP contribution in [0.3, 0.4) is 0 Å². The number of carbonyl (C=O) groups excluding carboxylic acids is 1. The van der Waals surface area contributed by atoms with E-state index < -0.39 is 5.54 Å². The maximum absolute atomic E-state index is 12.5. The Morgan fingerprint density at radius 3 is 2.96 bits per heavy atom. The van der Waals surface area contributed by atoms with Crippen LogP contribution in [0.2, 0.25) is 0 Å². The van der Waals surface area contributed by atoms with Gasteiger partial charge >= 0.3 is 0 Å². The number of hydrogen-bond acceptors (Lipinski definition) is 4. The van der Waals surface area contributed by atoms with Crippen molar-refractivity contribution in [3.05, 3.63) is 29.3 Å². The molecule has 1 aromatic heterocycles. The van der Waals surface area contributed by atoms with Crippen LogP contribution in [0.15, 0.2) is 24.3 Å². The summed E-state index contributed by atoms with van der Waals surface area (Å²) in [5, 5.41) is 13.4. The molecule has 2 aromatic rings. The lowest BCUT2D eigenvalue weighted by atomic mass is 9.90. The lowest BCUT2D eigenvalue weighted by Gasteiger charge is -2.28. The van der Waals surface area contributed by atoms with Gasteiger partial charge in [-0.2, -0.15) is 5.26 Å². The number of hydrogen-bond donors (Lipinski definition) is 2. The molecule has 1 saturated heterocycles. The van der Waals surface area contributed by atoms with Gasteiger partial charge in [0.1, 0.15) is 11.6 Å². The number of para-hydroxylation sites is 1. The van der Waals surface area contributed by atoms with Crippen LogP contribution in [-0.4, -0.2) is 29.5 Å². The highest BCUT2D eigenvalue weighted by atomic mass is 32.1. The van der Waals surface area contributed by atoms with Crippen molar-refractivity contribution in [1.82, 2.24) is 10.3 Å². The lowest BCUT2D eigenvalue weighted by molar-refractivity contribution is -0.910. The van der Waals surface area contributed by atoms with Crippen LogP contribution >= 0.6 is 11.3 Å². The van der Waals surface area contributed by atoms with Crippen molar-refractivity contribution in [1.29, 1.82) is 5.26 Å². The van der Waals surface area contributed by atoms with Gasteiger partial charge in [-0.15, -0.1) is 11.3 Å². The number of carbonyl (C=O) groups is 1. The first kappa shape index (κ1) is 17.8. The van der Waals surface area contributed by atoms with Gasteiger partial charge in [-0.25, -0.2) is 4.98 Å². The fraction of sp³-hybridized carbons (Fsp3) is 0.526. The highest BCUT2D eigenvalue weighted by Gasteiger charge is 2.36. The summed E-state index contributed by atoms with van der Waals surface area (Å²) in [6, 6.07) is 10.7. The van der Waals surface area contributed by atoms with Crippen molar-refractivity contribution in [2.24, 2.45) is 5.92 Å². The molecule has 0 radical (unpaired) electrons. The average molecular weight is 358 g/mol. The van der Waals surface area contributed by atoms with Gasteiger partial charge in [-0.1, -0.05) is 26.0 Å². The van der Waals surface area contributed by atoms with E-state index in [9.17, 15) is 10.1 Å². The van der Waals surface area contributed by atoms with Crippen LogP contribution in [0, 0.1) is 17.2 Å². The molecular formula is C19H25N4OS+. The first-order chi connectivity index (χ1) is 11.9. The summed E-state index contributed by atoms with van der Waals surface area (Å²) < 4.78 is 1.20. The molecule has 0 bridgehead atoms. The summed E-state index contributed by atoms with van der Waals surface area (Å²) in [5.41, 5.74) is 0.219. The molecule has 3 rings (SSSR count). The predicted octanol–water partition coefficient (Wildman–Crippen LogP) is 2.07. The number of fused-ring (bicyclic) bond motifs is 1. The summed E-state index contributed by atoms with van der Waals surface area (Å²) >= 11 is 1.73. The molecule has 1 aromatic carbocycles. The van der Waals surface area contributed by atoms with E-state index in [0.717, 1.165) is 29.9 Å². The van der Waals surface area contributed by atoms with Crippen LogP contribution in [0.4, 0.5) is 0 Å².